The molecule has 0 atom stereocenters. The highest BCUT2D eigenvalue weighted by Gasteiger charge is 2.17. The Hall–Kier alpha value is -3.35. The Morgan fingerprint density at radius 1 is 1.38 bits per heavy atom. The van der Waals surface area contributed by atoms with Crippen molar-refractivity contribution in [1.82, 2.24) is 24.9 Å². The third-order valence-electron chi connectivity index (χ3n) is 4.45. The number of aromatic nitrogens is 4. The second kappa shape index (κ2) is 6.51. The lowest BCUT2D eigenvalue weighted by Gasteiger charge is -2.05. The van der Waals surface area contributed by atoms with Crippen LogP contribution in [-0.4, -0.2) is 39.1 Å². The maximum atomic E-state index is 12.6. The molecule has 7 heteroatoms. The largest absolute Gasteiger partial charge is 0.497 e. The number of fused-ring (bicyclic) bond motifs is 2. The summed E-state index contributed by atoms with van der Waals surface area (Å²) in [5.74, 6) is 0.657. The summed E-state index contributed by atoms with van der Waals surface area (Å²) >= 11 is 0. The first kappa shape index (κ1) is 16.1. The van der Waals surface area contributed by atoms with Crippen molar-refractivity contribution in [2.45, 2.75) is 13.3 Å². The second-order valence-corrected chi connectivity index (χ2v) is 6.08. The molecule has 0 aliphatic carbocycles. The molecular weight excluding hydrogens is 330 g/mol. The van der Waals surface area contributed by atoms with Crippen molar-refractivity contribution in [3.8, 4) is 5.75 Å². The van der Waals surface area contributed by atoms with Crippen molar-refractivity contribution >= 4 is 22.5 Å². The van der Waals surface area contributed by atoms with Gasteiger partial charge in [-0.1, -0.05) is 0 Å². The van der Waals surface area contributed by atoms with Crippen LogP contribution in [0.15, 0.2) is 42.9 Å². The number of aryl methyl sites for hydroxylation is 1. The molecule has 0 spiro atoms. The molecule has 26 heavy (non-hydrogen) atoms. The van der Waals surface area contributed by atoms with Crippen molar-refractivity contribution in [2.75, 3.05) is 13.7 Å². The normalized spacial score (nSPS) is 11.2. The van der Waals surface area contributed by atoms with Crippen LogP contribution in [0.2, 0.25) is 0 Å². The Kier molecular flexibility index (Phi) is 4.04. The lowest BCUT2D eigenvalue weighted by molar-refractivity contribution is 0.0955. The molecule has 0 radical (unpaired) electrons. The summed E-state index contributed by atoms with van der Waals surface area (Å²) in [7, 11) is 1.65. The lowest BCUT2D eigenvalue weighted by Crippen LogP contribution is -2.26. The van der Waals surface area contributed by atoms with Crippen LogP contribution in [0.4, 0.5) is 0 Å². The summed E-state index contributed by atoms with van der Waals surface area (Å²) in [6.07, 6.45) is 6.13. The first-order valence-electron chi connectivity index (χ1n) is 8.39. The van der Waals surface area contributed by atoms with Crippen LogP contribution in [0.1, 0.15) is 21.6 Å². The van der Waals surface area contributed by atoms with Crippen LogP contribution in [0.3, 0.4) is 0 Å². The molecule has 0 fully saturated rings. The molecule has 0 saturated carbocycles. The molecule has 3 aromatic heterocycles. The molecule has 3 heterocycles. The SMILES string of the molecule is COc1ccc2[nH]cc(CCNC(=O)c3c(C)nn4cccnc34)c2c1. The van der Waals surface area contributed by atoms with Gasteiger partial charge in [0, 0.05) is 36.0 Å². The first-order valence-corrected chi connectivity index (χ1v) is 8.39. The highest BCUT2D eigenvalue weighted by Crippen LogP contribution is 2.23. The third kappa shape index (κ3) is 2.77. The number of amides is 1. The van der Waals surface area contributed by atoms with E-state index in [0.717, 1.165) is 22.2 Å². The van der Waals surface area contributed by atoms with E-state index in [1.807, 2.05) is 31.3 Å². The van der Waals surface area contributed by atoms with Gasteiger partial charge in [-0.05, 0) is 43.2 Å². The number of benzene rings is 1. The van der Waals surface area contributed by atoms with Gasteiger partial charge in [0.25, 0.3) is 5.91 Å². The van der Waals surface area contributed by atoms with Gasteiger partial charge in [0.05, 0.1) is 12.8 Å². The highest BCUT2D eigenvalue weighted by molar-refractivity contribution is 6.01. The van der Waals surface area contributed by atoms with Crippen LogP contribution >= 0.6 is 0 Å². The molecule has 1 aromatic carbocycles. The number of H-pyrrole nitrogens is 1. The van der Waals surface area contributed by atoms with E-state index in [1.165, 1.54) is 0 Å². The van der Waals surface area contributed by atoms with Gasteiger partial charge in [0.1, 0.15) is 11.3 Å². The van der Waals surface area contributed by atoms with Crippen LogP contribution in [0.5, 0.6) is 5.75 Å². The zero-order valence-electron chi connectivity index (χ0n) is 14.6. The van der Waals surface area contributed by atoms with Gasteiger partial charge in [-0.3, -0.25) is 4.79 Å². The molecule has 1 amide bonds. The van der Waals surface area contributed by atoms with Crippen LogP contribution in [-0.2, 0) is 6.42 Å². The predicted molar refractivity (Wildman–Crippen MR) is 98.6 cm³/mol. The fourth-order valence-corrected chi connectivity index (χ4v) is 3.15. The number of hydrogen-bond donors (Lipinski definition) is 2. The minimum absolute atomic E-state index is 0.159. The number of aromatic amines is 1. The van der Waals surface area contributed by atoms with E-state index in [1.54, 1.807) is 30.1 Å². The molecule has 7 nitrogen and oxygen atoms in total. The Bertz CT molecular complexity index is 1100. The number of ether oxygens (including phenoxy) is 1. The fraction of sp³-hybridized carbons (Fsp3) is 0.211. The number of nitrogens with one attached hydrogen (secondary N) is 2. The Morgan fingerprint density at radius 3 is 3.12 bits per heavy atom. The van der Waals surface area contributed by atoms with E-state index in [4.69, 9.17) is 4.74 Å². The summed E-state index contributed by atoms with van der Waals surface area (Å²) < 4.78 is 6.91. The summed E-state index contributed by atoms with van der Waals surface area (Å²) in [6, 6.07) is 7.70. The third-order valence-corrected chi connectivity index (χ3v) is 4.45. The number of methoxy groups -OCH3 is 1. The highest BCUT2D eigenvalue weighted by atomic mass is 16.5. The molecule has 0 aliphatic rings. The summed E-state index contributed by atoms with van der Waals surface area (Å²) in [4.78, 5) is 20.1. The standard InChI is InChI=1S/C19H19N5O2/c1-12-17(18-20-7-3-9-24(18)23-12)19(25)21-8-6-13-11-22-16-5-4-14(26-2)10-15(13)16/h3-5,7,9-11,22H,6,8H2,1-2H3,(H,21,25). The van der Waals surface area contributed by atoms with Gasteiger partial charge in [-0.2, -0.15) is 5.10 Å². The quantitative estimate of drug-likeness (QED) is 0.580. The minimum Gasteiger partial charge on any atom is -0.497 e. The zero-order valence-corrected chi connectivity index (χ0v) is 14.6. The topological polar surface area (TPSA) is 84.3 Å². The van der Waals surface area contributed by atoms with Crippen LogP contribution in [0.25, 0.3) is 16.6 Å². The van der Waals surface area contributed by atoms with Crippen LogP contribution in [0, 0.1) is 6.92 Å². The van der Waals surface area contributed by atoms with Crippen molar-refractivity contribution in [3.63, 3.8) is 0 Å². The van der Waals surface area contributed by atoms with E-state index in [0.29, 0.717) is 29.9 Å². The van der Waals surface area contributed by atoms with Gasteiger partial charge >= 0.3 is 0 Å². The monoisotopic (exact) mass is 349 g/mol. The molecule has 0 saturated heterocycles. The Morgan fingerprint density at radius 2 is 2.27 bits per heavy atom. The molecule has 4 rings (SSSR count). The maximum Gasteiger partial charge on any atom is 0.257 e. The average molecular weight is 349 g/mol. The summed E-state index contributed by atoms with van der Waals surface area (Å²) in [6.45, 7) is 2.34. The van der Waals surface area contributed by atoms with Crippen LogP contribution < -0.4 is 10.1 Å². The Labute approximate surface area is 150 Å². The zero-order chi connectivity index (χ0) is 18.1. The number of nitrogens with zero attached hydrogens (tertiary/aromatic N) is 3. The van der Waals surface area contributed by atoms with Gasteiger partial charge in [-0.15, -0.1) is 0 Å². The number of carbonyl (C=O) groups excluding carboxylic acids is 1. The van der Waals surface area contributed by atoms with Crippen molar-refractivity contribution in [1.29, 1.82) is 0 Å². The number of rotatable bonds is 5. The molecule has 132 valence electrons. The van der Waals surface area contributed by atoms with Crippen molar-refractivity contribution in [3.05, 3.63) is 59.7 Å². The van der Waals surface area contributed by atoms with Crippen molar-refractivity contribution < 1.29 is 9.53 Å². The maximum absolute atomic E-state index is 12.6. The summed E-state index contributed by atoms with van der Waals surface area (Å²) in [5, 5.41) is 8.40. The minimum atomic E-state index is -0.159. The van der Waals surface area contributed by atoms with Gasteiger partial charge < -0.3 is 15.0 Å². The van der Waals surface area contributed by atoms with E-state index in [2.05, 4.69) is 20.4 Å². The lowest BCUT2D eigenvalue weighted by atomic mass is 10.1. The summed E-state index contributed by atoms with van der Waals surface area (Å²) in [5.41, 5.74) is 3.94. The number of hydrogen-bond acceptors (Lipinski definition) is 4. The second-order valence-electron chi connectivity index (χ2n) is 6.08. The van der Waals surface area contributed by atoms with E-state index in [-0.39, 0.29) is 5.91 Å². The van der Waals surface area contributed by atoms with E-state index in [9.17, 15) is 4.79 Å². The molecular formula is C19H19N5O2. The van der Waals surface area contributed by atoms with E-state index >= 15 is 0 Å². The first-order chi connectivity index (χ1) is 12.7. The van der Waals surface area contributed by atoms with Crippen molar-refractivity contribution in [2.24, 2.45) is 0 Å². The molecule has 4 aromatic rings. The molecule has 0 bridgehead atoms. The fourth-order valence-electron chi connectivity index (χ4n) is 3.15. The Balaban J connectivity index is 1.49. The van der Waals surface area contributed by atoms with Gasteiger partial charge in [-0.25, -0.2) is 9.50 Å². The van der Waals surface area contributed by atoms with Gasteiger partial charge in [0.2, 0.25) is 0 Å². The average Bonchev–Trinajstić information content (AvgIpc) is 3.21. The molecule has 2 N–H and O–H groups in total. The smallest absolute Gasteiger partial charge is 0.257 e. The molecule has 0 aliphatic heterocycles. The van der Waals surface area contributed by atoms with E-state index < -0.39 is 0 Å². The molecule has 0 unspecified atom stereocenters. The number of carbonyl (C=O) groups is 1. The predicted octanol–water partition coefficient (Wildman–Crippen LogP) is 2.50. The van der Waals surface area contributed by atoms with Gasteiger partial charge in [0.15, 0.2) is 5.65 Å².